The Bertz CT molecular complexity index is 233. The zero-order valence-electron chi connectivity index (χ0n) is 6.42. The molecule has 0 radical (unpaired) electrons. The molecule has 0 aromatic heterocycles. The van der Waals surface area contributed by atoms with E-state index < -0.39 is 0 Å². The standard InChI is InChI=1S/C9H11ClS/c1-7(11)5-8-3-2-4-9(10)6-8/h2-4,6-7,11H,5H2,1H3. The highest BCUT2D eigenvalue weighted by atomic mass is 35.5. The molecule has 0 heterocycles. The van der Waals surface area contributed by atoms with Gasteiger partial charge in [-0.1, -0.05) is 30.7 Å². The van der Waals surface area contributed by atoms with Crippen LogP contribution in [0.3, 0.4) is 0 Å². The average Bonchev–Trinajstić information content (AvgIpc) is 1.85. The molecule has 60 valence electrons. The molecule has 1 aromatic carbocycles. The Morgan fingerprint density at radius 3 is 2.82 bits per heavy atom. The molecule has 11 heavy (non-hydrogen) atoms. The largest absolute Gasteiger partial charge is 0.176 e. The topological polar surface area (TPSA) is 0 Å². The highest BCUT2D eigenvalue weighted by Gasteiger charge is 1.97. The van der Waals surface area contributed by atoms with Gasteiger partial charge in [-0.05, 0) is 24.1 Å². The van der Waals surface area contributed by atoms with E-state index in [0.29, 0.717) is 5.25 Å². The summed E-state index contributed by atoms with van der Waals surface area (Å²) in [6.07, 6.45) is 0.976. The summed E-state index contributed by atoms with van der Waals surface area (Å²) >= 11 is 10.1. The summed E-state index contributed by atoms with van der Waals surface area (Å²) in [5.41, 5.74) is 1.25. The summed E-state index contributed by atoms with van der Waals surface area (Å²) < 4.78 is 0. The quantitative estimate of drug-likeness (QED) is 0.674. The minimum Gasteiger partial charge on any atom is -0.176 e. The summed E-state index contributed by atoms with van der Waals surface area (Å²) in [5, 5.41) is 1.20. The van der Waals surface area contributed by atoms with Gasteiger partial charge in [0.05, 0.1) is 0 Å². The van der Waals surface area contributed by atoms with Crippen LogP contribution in [0.15, 0.2) is 24.3 Å². The van der Waals surface area contributed by atoms with Crippen LogP contribution in [0, 0.1) is 0 Å². The van der Waals surface area contributed by atoms with Crippen molar-refractivity contribution < 1.29 is 0 Å². The van der Waals surface area contributed by atoms with E-state index in [2.05, 4.69) is 25.6 Å². The van der Waals surface area contributed by atoms with E-state index in [1.165, 1.54) is 5.56 Å². The fourth-order valence-electron chi connectivity index (χ4n) is 1.01. The monoisotopic (exact) mass is 186 g/mol. The minimum atomic E-state index is 0.397. The van der Waals surface area contributed by atoms with Gasteiger partial charge in [0.15, 0.2) is 0 Å². The molecule has 0 saturated heterocycles. The van der Waals surface area contributed by atoms with Crippen LogP contribution < -0.4 is 0 Å². The van der Waals surface area contributed by atoms with Crippen molar-refractivity contribution in [1.82, 2.24) is 0 Å². The fourth-order valence-corrected chi connectivity index (χ4v) is 1.43. The summed E-state index contributed by atoms with van der Waals surface area (Å²) in [6.45, 7) is 2.07. The van der Waals surface area contributed by atoms with Crippen LogP contribution in [0.2, 0.25) is 5.02 Å². The van der Waals surface area contributed by atoms with Gasteiger partial charge in [-0.2, -0.15) is 12.6 Å². The van der Waals surface area contributed by atoms with E-state index in [9.17, 15) is 0 Å². The zero-order valence-corrected chi connectivity index (χ0v) is 8.07. The third-order valence-corrected chi connectivity index (χ3v) is 1.84. The summed E-state index contributed by atoms with van der Waals surface area (Å²) in [7, 11) is 0. The van der Waals surface area contributed by atoms with Gasteiger partial charge in [-0.3, -0.25) is 0 Å². The average molecular weight is 187 g/mol. The molecule has 1 rings (SSSR count). The number of benzene rings is 1. The molecular weight excluding hydrogens is 176 g/mol. The van der Waals surface area contributed by atoms with Crippen molar-refractivity contribution in [2.24, 2.45) is 0 Å². The number of rotatable bonds is 2. The molecule has 0 aliphatic heterocycles. The first kappa shape index (κ1) is 8.95. The third kappa shape index (κ3) is 3.17. The fraction of sp³-hybridized carbons (Fsp3) is 0.333. The Labute approximate surface area is 78.0 Å². The van der Waals surface area contributed by atoms with Crippen LogP contribution in [0.4, 0.5) is 0 Å². The van der Waals surface area contributed by atoms with E-state index in [1.54, 1.807) is 0 Å². The molecule has 0 aliphatic rings. The summed E-state index contributed by atoms with van der Waals surface area (Å²) in [6, 6.07) is 7.90. The number of thiol groups is 1. The lowest BCUT2D eigenvalue weighted by Gasteiger charge is -2.03. The van der Waals surface area contributed by atoms with Crippen molar-refractivity contribution in [3.63, 3.8) is 0 Å². The molecule has 2 heteroatoms. The predicted molar refractivity (Wildman–Crippen MR) is 53.6 cm³/mol. The first-order valence-electron chi connectivity index (χ1n) is 3.61. The van der Waals surface area contributed by atoms with Crippen molar-refractivity contribution >= 4 is 24.2 Å². The Balaban J connectivity index is 2.71. The molecule has 0 N–H and O–H groups in total. The second-order valence-corrected chi connectivity index (χ2v) is 4.00. The van der Waals surface area contributed by atoms with Gasteiger partial charge in [0.2, 0.25) is 0 Å². The van der Waals surface area contributed by atoms with E-state index in [4.69, 9.17) is 11.6 Å². The van der Waals surface area contributed by atoms with Crippen LogP contribution in [0.25, 0.3) is 0 Å². The van der Waals surface area contributed by atoms with Gasteiger partial charge in [0, 0.05) is 10.3 Å². The lowest BCUT2D eigenvalue weighted by molar-refractivity contribution is 0.951. The molecule has 0 amide bonds. The molecule has 0 spiro atoms. The third-order valence-electron chi connectivity index (χ3n) is 1.42. The molecule has 0 aliphatic carbocycles. The molecule has 0 bridgehead atoms. The van der Waals surface area contributed by atoms with Crippen molar-refractivity contribution in [1.29, 1.82) is 0 Å². The number of halogens is 1. The van der Waals surface area contributed by atoms with Gasteiger partial charge in [0.25, 0.3) is 0 Å². The van der Waals surface area contributed by atoms with Crippen LogP contribution >= 0.6 is 24.2 Å². The minimum absolute atomic E-state index is 0.397. The Morgan fingerprint density at radius 1 is 1.55 bits per heavy atom. The summed E-state index contributed by atoms with van der Waals surface area (Å²) in [5.74, 6) is 0. The maximum absolute atomic E-state index is 5.80. The second-order valence-electron chi connectivity index (χ2n) is 2.68. The van der Waals surface area contributed by atoms with E-state index >= 15 is 0 Å². The van der Waals surface area contributed by atoms with Crippen LogP contribution in [-0.2, 0) is 6.42 Å². The highest BCUT2D eigenvalue weighted by Crippen LogP contribution is 2.13. The van der Waals surface area contributed by atoms with Gasteiger partial charge >= 0.3 is 0 Å². The van der Waals surface area contributed by atoms with Gasteiger partial charge < -0.3 is 0 Å². The zero-order chi connectivity index (χ0) is 8.27. The van der Waals surface area contributed by atoms with Crippen LogP contribution in [0.5, 0.6) is 0 Å². The van der Waals surface area contributed by atoms with Gasteiger partial charge in [-0.15, -0.1) is 0 Å². The van der Waals surface area contributed by atoms with Gasteiger partial charge in [0.1, 0.15) is 0 Å². The predicted octanol–water partition coefficient (Wildman–Crippen LogP) is 3.20. The summed E-state index contributed by atoms with van der Waals surface area (Å²) in [4.78, 5) is 0. The molecule has 0 nitrogen and oxygen atoms in total. The smallest absolute Gasteiger partial charge is 0.0408 e. The number of hydrogen-bond donors (Lipinski definition) is 1. The molecule has 1 aromatic rings. The lowest BCUT2D eigenvalue weighted by atomic mass is 10.1. The normalized spacial score (nSPS) is 13.0. The van der Waals surface area contributed by atoms with Crippen LogP contribution in [-0.4, -0.2) is 5.25 Å². The molecule has 0 saturated carbocycles. The SMILES string of the molecule is CC(S)Cc1cccc(Cl)c1. The Hall–Kier alpha value is -0.140. The van der Waals surface area contributed by atoms with Crippen molar-refractivity contribution in [2.45, 2.75) is 18.6 Å². The Kier molecular flexibility index (Phi) is 3.28. The molecular formula is C9H11ClS. The van der Waals surface area contributed by atoms with E-state index in [1.807, 2.05) is 18.2 Å². The second kappa shape index (κ2) is 4.03. The van der Waals surface area contributed by atoms with Crippen molar-refractivity contribution in [3.05, 3.63) is 34.9 Å². The lowest BCUT2D eigenvalue weighted by Crippen LogP contribution is -1.96. The molecule has 1 unspecified atom stereocenters. The van der Waals surface area contributed by atoms with E-state index in [-0.39, 0.29) is 0 Å². The maximum atomic E-state index is 5.80. The Morgan fingerprint density at radius 2 is 2.27 bits per heavy atom. The first-order valence-corrected chi connectivity index (χ1v) is 4.50. The van der Waals surface area contributed by atoms with Gasteiger partial charge in [-0.25, -0.2) is 0 Å². The van der Waals surface area contributed by atoms with Crippen molar-refractivity contribution in [2.75, 3.05) is 0 Å². The molecule has 1 atom stereocenters. The molecule has 0 fully saturated rings. The van der Waals surface area contributed by atoms with Crippen molar-refractivity contribution in [3.8, 4) is 0 Å². The first-order chi connectivity index (χ1) is 5.18. The van der Waals surface area contributed by atoms with E-state index in [0.717, 1.165) is 11.4 Å². The highest BCUT2D eigenvalue weighted by molar-refractivity contribution is 7.80. The maximum Gasteiger partial charge on any atom is 0.0408 e. The number of hydrogen-bond acceptors (Lipinski definition) is 1. The van der Waals surface area contributed by atoms with Crippen LogP contribution in [0.1, 0.15) is 12.5 Å².